The van der Waals surface area contributed by atoms with E-state index in [1.807, 2.05) is 13.8 Å². The molecule has 0 aliphatic heterocycles. The van der Waals surface area contributed by atoms with Crippen molar-refractivity contribution in [2.45, 2.75) is 37.3 Å². The van der Waals surface area contributed by atoms with E-state index < -0.39 is 21.5 Å². The number of aliphatic hydroxyl groups is 1. The third kappa shape index (κ3) is 2.45. The van der Waals surface area contributed by atoms with Crippen LogP contribution in [0.25, 0.3) is 0 Å². The quantitative estimate of drug-likeness (QED) is 0.735. The number of anilines is 1. The van der Waals surface area contributed by atoms with Crippen molar-refractivity contribution in [3.63, 3.8) is 0 Å². The van der Waals surface area contributed by atoms with Gasteiger partial charge < -0.3 is 10.8 Å². The van der Waals surface area contributed by atoms with Crippen LogP contribution < -0.4 is 10.5 Å². The summed E-state index contributed by atoms with van der Waals surface area (Å²) in [6.07, 6.45) is -0.125. The van der Waals surface area contributed by atoms with Crippen molar-refractivity contribution in [1.29, 1.82) is 0 Å². The van der Waals surface area contributed by atoms with Crippen molar-refractivity contribution in [3.05, 3.63) is 23.2 Å². The van der Waals surface area contributed by atoms with Gasteiger partial charge in [0.05, 0.1) is 16.8 Å². The maximum Gasteiger partial charge on any atom is 0.244 e. The molecule has 1 aliphatic carbocycles. The zero-order valence-electron chi connectivity index (χ0n) is 10.7. The summed E-state index contributed by atoms with van der Waals surface area (Å²) in [6, 6.07) is 4.23. The molecule has 0 aromatic heterocycles. The lowest BCUT2D eigenvalue weighted by atomic mass is 9.65. The predicted octanol–water partition coefficient (Wildman–Crippen LogP) is 1.36. The molecule has 1 fully saturated rings. The first-order valence-electron chi connectivity index (χ1n) is 5.90. The molecule has 0 saturated heterocycles. The molecule has 106 valence electrons. The first kappa shape index (κ1) is 14.6. The third-order valence-corrected chi connectivity index (χ3v) is 5.79. The van der Waals surface area contributed by atoms with Crippen LogP contribution in [0.5, 0.6) is 0 Å². The Kier molecular flexibility index (Phi) is 3.55. The van der Waals surface area contributed by atoms with Crippen molar-refractivity contribution in [1.82, 2.24) is 4.72 Å². The van der Waals surface area contributed by atoms with Gasteiger partial charge in [0.1, 0.15) is 4.90 Å². The highest BCUT2D eigenvalue weighted by molar-refractivity contribution is 7.89. The van der Waals surface area contributed by atoms with Gasteiger partial charge in [-0.25, -0.2) is 13.1 Å². The summed E-state index contributed by atoms with van der Waals surface area (Å²) in [5.74, 6) is 0. The van der Waals surface area contributed by atoms with Gasteiger partial charge in [-0.1, -0.05) is 31.5 Å². The largest absolute Gasteiger partial charge is 0.398 e. The van der Waals surface area contributed by atoms with Gasteiger partial charge in [-0.05, 0) is 18.6 Å². The summed E-state index contributed by atoms with van der Waals surface area (Å²) in [4.78, 5) is -0.103. The Morgan fingerprint density at radius 1 is 1.47 bits per heavy atom. The van der Waals surface area contributed by atoms with Crippen molar-refractivity contribution >= 4 is 27.3 Å². The number of halogens is 1. The van der Waals surface area contributed by atoms with Gasteiger partial charge in [0.25, 0.3) is 0 Å². The lowest BCUT2D eigenvalue weighted by Crippen LogP contribution is -2.61. The molecule has 2 atom stereocenters. The molecule has 1 aromatic carbocycles. The Morgan fingerprint density at radius 3 is 2.58 bits per heavy atom. The highest BCUT2D eigenvalue weighted by Crippen LogP contribution is 2.41. The molecule has 1 saturated carbocycles. The maximum atomic E-state index is 12.3. The van der Waals surface area contributed by atoms with E-state index in [1.165, 1.54) is 12.1 Å². The number of hydrogen-bond donors (Lipinski definition) is 3. The van der Waals surface area contributed by atoms with E-state index in [4.69, 9.17) is 17.3 Å². The number of aliphatic hydroxyl groups excluding tert-OH is 1. The van der Waals surface area contributed by atoms with Crippen LogP contribution in [0, 0.1) is 5.41 Å². The molecule has 1 aliphatic rings. The van der Waals surface area contributed by atoms with Gasteiger partial charge in [-0.3, -0.25) is 0 Å². The molecular weight excluding hydrogens is 288 g/mol. The van der Waals surface area contributed by atoms with E-state index in [2.05, 4.69) is 4.72 Å². The summed E-state index contributed by atoms with van der Waals surface area (Å²) in [6.45, 7) is 3.62. The van der Waals surface area contributed by atoms with Gasteiger partial charge in [0.2, 0.25) is 10.0 Å². The maximum absolute atomic E-state index is 12.3. The first-order valence-corrected chi connectivity index (χ1v) is 7.77. The van der Waals surface area contributed by atoms with Crippen molar-refractivity contribution in [2.75, 3.05) is 5.73 Å². The van der Waals surface area contributed by atoms with Crippen LogP contribution in [0.4, 0.5) is 5.69 Å². The number of benzene rings is 1. The average molecular weight is 305 g/mol. The second-order valence-corrected chi connectivity index (χ2v) is 7.46. The van der Waals surface area contributed by atoms with E-state index in [-0.39, 0.29) is 21.6 Å². The molecule has 0 bridgehead atoms. The molecule has 0 heterocycles. The first-order chi connectivity index (χ1) is 8.66. The minimum atomic E-state index is -3.79. The molecule has 2 unspecified atom stereocenters. The summed E-state index contributed by atoms with van der Waals surface area (Å²) >= 11 is 5.91. The smallest absolute Gasteiger partial charge is 0.244 e. The van der Waals surface area contributed by atoms with Crippen LogP contribution >= 0.6 is 11.6 Å². The molecule has 7 heteroatoms. The van der Waals surface area contributed by atoms with E-state index in [0.29, 0.717) is 6.42 Å². The number of rotatable bonds is 3. The number of hydrogen-bond acceptors (Lipinski definition) is 4. The lowest BCUT2D eigenvalue weighted by Gasteiger charge is -2.49. The molecule has 19 heavy (non-hydrogen) atoms. The Balaban J connectivity index is 2.30. The zero-order chi connectivity index (χ0) is 14.4. The minimum Gasteiger partial charge on any atom is -0.398 e. The topological polar surface area (TPSA) is 92.4 Å². The summed E-state index contributed by atoms with van der Waals surface area (Å²) < 4.78 is 27.2. The van der Waals surface area contributed by atoms with Gasteiger partial charge in [-0.15, -0.1) is 0 Å². The molecule has 0 spiro atoms. The van der Waals surface area contributed by atoms with Crippen molar-refractivity contribution in [3.8, 4) is 0 Å². The molecule has 0 radical (unpaired) electrons. The second kappa shape index (κ2) is 4.63. The Labute approximate surface area is 117 Å². The minimum absolute atomic E-state index is 0.0881. The SMILES string of the molecule is CC1(C)C(O)CC1NS(=O)(=O)c1c(N)cccc1Cl. The molecule has 1 aromatic rings. The fourth-order valence-corrected chi connectivity index (χ4v) is 4.24. The standard InChI is InChI=1S/C12H17ClN2O3S/c1-12(2)9(6-10(12)16)15-19(17,18)11-7(13)4-3-5-8(11)14/h3-5,9-10,15-16H,6,14H2,1-2H3. The van der Waals surface area contributed by atoms with Gasteiger partial charge in [0.15, 0.2) is 0 Å². The number of nitrogens with two attached hydrogens (primary N) is 1. The predicted molar refractivity (Wildman–Crippen MR) is 74.4 cm³/mol. The van der Waals surface area contributed by atoms with Crippen LogP contribution in [0.3, 0.4) is 0 Å². The summed E-state index contributed by atoms with van der Waals surface area (Å²) in [5, 5.41) is 9.73. The van der Waals surface area contributed by atoms with Gasteiger partial charge >= 0.3 is 0 Å². The van der Waals surface area contributed by atoms with E-state index >= 15 is 0 Å². The summed E-state index contributed by atoms with van der Waals surface area (Å²) in [5.41, 5.74) is 5.30. The highest BCUT2D eigenvalue weighted by Gasteiger charge is 2.49. The Hall–Kier alpha value is -0.820. The van der Waals surface area contributed by atoms with Gasteiger partial charge in [-0.2, -0.15) is 0 Å². The fourth-order valence-electron chi connectivity index (χ4n) is 2.16. The van der Waals surface area contributed by atoms with Crippen LogP contribution in [0.15, 0.2) is 23.1 Å². The van der Waals surface area contributed by atoms with E-state index in [9.17, 15) is 13.5 Å². The zero-order valence-corrected chi connectivity index (χ0v) is 12.3. The van der Waals surface area contributed by atoms with E-state index in [0.717, 1.165) is 0 Å². The Bertz CT molecular complexity index is 581. The molecular formula is C12H17ClN2O3S. The van der Waals surface area contributed by atoms with Crippen LogP contribution in [-0.4, -0.2) is 25.7 Å². The van der Waals surface area contributed by atoms with Crippen LogP contribution in [0.1, 0.15) is 20.3 Å². The molecule has 4 N–H and O–H groups in total. The van der Waals surface area contributed by atoms with Crippen LogP contribution in [0.2, 0.25) is 5.02 Å². The highest BCUT2D eigenvalue weighted by atomic mass is 35.5. The molecule has 5 nitrogen and oxygen atoms in total. The monoisotopic (exact) mass is 304 g/mol. The van der Waals surface area contributed by atoms with Crippen molar-refractivity contribution in [2.24, 2.45) is 5.41 Å². The molecule has 0 amide bonds. The normalized spacial score (nSPS) is 25.9. The summed E-state index contributed by atoms with van der Waals surface area (Å²) in [7, 11) is -3.79. The molecule has 2 rings (SSSR count). The average Bonchev–Trinajstić information content (AvgIpc) is 2.27. The number of nitrogens with one attached hydrogen (secondary N) is 1. The van der Waals surface area contributed by atoms with Gasteiger partial charge in [0, 0.05) is 11.5 Å². The number of nitrogen functional groups attached to an aromatic ring is 1. The Morgan fingerprint density at radius 2 is 2.11 bits per heavy atom. The second-order valence-electron chi connectivity index (χ2n) is 5.40. The third-order valence-electron chi connectivity index (χ3n) is 3.78. The van der Waals surface area contributed by atoms with Crippen molar-refractivity contribution < 1.29 is 13.5 Å². The number of sulfonamides is 1. The lowest BCUT2D eigenvalue weighted by molar-refractivity contribution is -0.0645. The van der Waals surface area contributed by atoms with E-state index in [1.54, 1.807) is 6.07 Å². The fraction of sp³-hybridized carbons (Fsp3) is 0.500. The van der Waals surface area contributed by atoms with Crippen LogP contribution in [-0.2, 0) is 10.0 Å².